The Balaban J connectivity index is 1.54. The minimum absolute atomic E-state index is 0.00783. The number of hydrogen-bond acceptors (Lipinski definition) is 5. The summed E-state index contributed by atoms with van der Waals surface area (Å²) in [5.74, 6) is -1.57. The molecule has 0 saturated carbocycles. The number of benzene rings is 2. The Morgan fingerprint density at radius 2 is 1.77 bits per heavy atom. The first-order valence-corrected chi connectivity index (χ1v) is 13.4. The molecule has 0 N–H and O–H groups in total. The lowest BCUT2D eigenvalue weighted by Crippen LogP contribution is -2.39. The van der Waals surface area contributed by atoms with Gasteiger partial charge in [0, 0.05) is 18.5 Å². The number of Topliss-reactive ketones (excluding diaryl/α,β-unsaturated/α-hetero) is 1. The Hall–Kier alpha value is -3.47. The summed E-state index contributed by atoms with van der Waals surface area (Å²) in [7, 11) is 1.34. The summed E-state index contributed by atoms with van der Waals surface area (Å²) in [4.78, 5) is 28.1. The van der Waals surface area contributed by atoms with Crippen LogP contribution in [-0.2, 0) is 17.8 Å². The van der Waals surface area contributed by atoms with Crippen molar-refractivity contribution in [1.82, 2.24) is 19.2 Å². The summed E-state index contributed by atoms with van der Waals surface area (Å²) in [5.41, 5.74) is 1.39. The van der Waals surface area contributed by atoms with Gasteiger partial charge in [-0.05, 0) is 74.2 Å². The maximum atomic E-state index is 14.1. The Labute approximate surface area is 230 Å². The lowest BCUT2D eigenvalue weighted by molar-refractivity contribution is -0.185. The molecule has 0 atom stereocenters. The van der Waals surface area contributed by atoms with E-state index in [1.807, 2.05) is 30.9 Å². The average molecular weight is 563 g/mol. The molecule has 1 saturated heterocycles. The number of piperidine rings is 1. The summed E-state index contributed by atoms with van der Waals surface area (Å²) < 4.78 is 60.4. The maximum Gasteiger partial charge on any atom is 0.391 e. The van der Waals surface area contributed by atoms with Crippen LogP contribution in [0.1, 0.15) is 38.7 Å². The Morgan fingerprint density at radius 3 is 2.38 bits per heavy atom. The van der Waals surface area contributed by atoms with Gasteiger partial charge in [0.25, 0.3) is 0 Å². The minimum atomic E-state index is -4.13. The van der Waals surface area contributed by atoms with Gasteiger partial charge < -0.3 is 9.64 Å². The van der Waals surface area contributed by atoms with Gasteiger partial charge in [-0.15, -0.1) is 5.10 Å². The predicted octanol–water partition coefficient (Wildman–Crippen LogP) is 5.28. The van der Waals surface area contributed by atoms with Crippen LogP contribution in [0.4, 0.5) is 17.6 Å². The smallest absolute Gasteiger partial charge is 0.391 e. The van der Waals surface area contributed by atoms with Crippen LogP contribution in [0.5, 0.6) is 5.75 Å². The Morgan fingerprint density at radius 1 is 1.10 bits per heavy atom. The topological polar surface area (TPSA) is 69.4 Å². The van der Waals surface area contributed by atoms with E-state index in [1.54, 1.807) is 12.1 Å². The van der Waals surface area contributed by atoms with Crippen LogP contribution in [0, 0.1) is 17.7 Å². The molecule has 1 aliphatic rings. The number of methoxy groups -OCH3 is 1. The van der Waals surface area contributed by atoms with Gasteiger partial charge in [0.05, 0.1) is 25.3 Å². The van der Waals surface area contributed by atoms with Crippen molar-refractivity contribution >= 4 is 5.78 Å². The fourth-order valence-electron chi connectivity index (χ4n) is 4.99. The molecular formula is C29H34F4N4O3. The van der Waals surface area contributed by atoms with Crippen molar-refractivity contribution in [3.05, 3.63) is 64.3 Å². The van der Waals surface area contributed by atoms with E-state index >= 15 is 0 Å². The van der Waals surface area contributed by atoms with E-state index in [-0.39, 0.29) is 42.7 Å². The highest BCUT2D eigenvalue weighted by Gasteiger charge is 2.40. The van der Waals surface area contributed by atoms with Crippen molar-refractivity contribution in [2.75, 3.05) is 26.7 Å². The second-order valence-electron chi connectivity index (χ2n) is 10.7. The maximum absolute atomic E-state index is 14.1. The predicted molar refractivity (Wildman–Crippen MR) is 143 cm³/mol. The second-order valence-corrected chi connectivity index (χ2v) is 10.7. The number of alkyl halides is 3. The number of likely N-dealkylation sites (tertiary alicyclic amines) is 1. The molecule has 216 valence electrons. The molecule has 2 aromatic carbocycles. The van der Waals surface area contributed by atoms with E-state index in [1.165, 1.54) is 34.6 Å². The Kier molecular flexibility index (Phi) is 9.12. The zero-order valence-electron chi connectivity index (χ0n) is 22.9. The number of rotatable bonds is 10. The van der Waals surface area contributed by atoms with Crippen molar-refractivity contribution in [2.45, 2.75) is 52.3 Å². The zero-order chi connectivity index (χ0) is 29.0. The molecule has 40 heavy (non-hydrogen) atoms. The van der Waals surface area contributed by atoms with Crippen molar-refractivity contribution in [3.8, 4) is 22.8 Å². The third-order valence-corrected chi connectivity index (χ3v) is 7.19. The average Bonchev–Trinajstić information content (AvgIpc) is 3.23. The zero-order valence-corrected chi connectivity index (χ0v) is 22.9. The molecule has 11 heteroatoms. The number of ketones is 1. The van der Waals surface area contributed by atoms with Gasteiger partial charge in [0.2, 0.25) is 0 Å². The number of aromatic nitrogens is 3. The molecule has 1 aliphatic heterocycles. The number of carbonyl (C=O) groups is 1. The highest BCUT2D eigenvalue weighted by molar-refractivity contribution is 5.79. The minimum Gasteiger partial charge on any atom is -0.494 e. The van der Waals surface area contributed by atoms with Crippen molar-refractivity contribution < 1.29 is 27.1 Å². The number of nitrogens with zero attached hydrogens (tertiary/aromatic N) is 4. The molecule has 2 heterocycles. The van der Waals surface area contributed by atoms with Gasteiger partial charge in [-0.3, -0.25) is 9.36 Å². The molecule has 4 rings (SSSR count). The summed E-state index contributed by atoms with van der Waals surface area (Å²) in [6.45, 7) is 5.15. The molecule has 0 radical (unpaired) electrons. The van der Waals surface area contributed by atoms with Gasteiger partial charge in [0.15, 0.2) is 23.2 Å². The monoisotopic (exact) mass is 562 g/mol. The van der Waals surface area contributed by atoms with E-state index < -0.39 is 23.6 Å². The van der Waals surface area contributed by atoms with E-state index in [0.29, 0.717) is 43.7 Å². The molecule has 1 fully saturated rings. The standard InChI is InChI=1S/C29H34F4N4O3/c1-19(2)16-24(38)18-36-27(21-6-9-25(30)26(17-21)40-3)34-37(28(36)39)23-7-4-20(5-8-23)10-13-35-14-11-22(12-15-35)29(31,32)33/h4-9,17,19,22H,10-16,18H2,1-3H3. The number of halogens is 4. The van der Waals surface area contributed by atoms with Crippen LogP contribution in [0.25, 0.3) is 17.1 Å². The van der Waals surface area contributed by atoms with Crippen molar-refractivity contribution in [2.24, 2.45) is 11.8 Å². The van der Waals surface area contributed by atoms with E-state index in [4.69, 9.17) is 4.74 Å². The SMILES string of the molecule is COc1cc(-c2nn(-c3ccc(CCN4CCC(C(F)(F)F)CC4)cc3)c(=O)n2CC(=O)CC(C)C)ccc1F. The first kappa shape index (κ1) is 29.5. The van der Waals surface area contributed by atoms with Crippen LogP contribution < -0.4 is 10.4 Å². The Bertz CT molecular complexity index is 1370. The van der Waals surface area contributed by atoms with Gasteiger partial charge in [0.1, 0.15) is 0 Å². The highest BCUT2D eigenvalue weighted by Crippen LogP contribution is 2.34. The second kappa shape index (κ2) is 12.4. The lowest BCUT2D eigenvalue weighted by atomic mass is 9.96. The first-order valence-electron chi connectivity index (χ1n) is 13.4. The third kappa shape index (κ3) is 6.99. The number of ether oxygens (including phenoxy) is 1. The largest absolute Gasteiger partial charge is 0.494 e. The molecular weight excluding hydrogens is 528 g/mol. The summed E-state index contributed by atoms with van der Waals surface area (Å²) in [6.07, 6.45) is -2.93. The van der Waals surface area contributed by atoms with Crippen LogP contribution in [0.2, 0.25) is 0 Å². The van der Waals surface area contributed by atoms with E-state index in [2.05, 4.69) is 5.10 Å². The fraction of sp³-hybridized carbons (Fsp3) is 0.483. The molecule has 1 aromatic heterocycles. The first-order chi connectivity index (χ1) is 19.0. The molecule has 0 bridgehead atoms. The van der Waals surface area contributed by atoms with Gasteiger partial charge >= 0.3 is 11.9 Å². The molecule has 7 nitrogen and oxygen atoms in total. The normalized spacial score (nSPS) is 15.1. The van der Waals surface area contributed by atoms with E-state index in [9.17, 15) is 27.2 Å². The molecule has 0 spiro atoms. The summed E-state index contributed by atoms with van der Waals surface area (Å²) >= 11 is 0. The van der Waals surface area contributed by atoms with Gasteiger partial charge in [-0.2, -0.15) is 17.9 Å². The molecule has 0 unspecified atom stereocenters. The number of carbonyl (C=O) groups excluding carboxylic acids is 1. The van der Waals surface area contributed by atoms with Crippen LogP contribution >= 0.6 is 0 Å². The molecule has 3 aromatic rings. The van der Waals surface area contributed by atoms with Gasteiger partial charge in [-0.25, -0.2) is 9.18 Å². The summed E-state index contributed by atoms with van der Waals surface area (Å²) in [6, 6.07) is 11.3. The third-order valence-electron chi connectivity index (χ3n) is 7.19. The number of hydrogen-bond donors (Lipinski definition) is 0. The highest BCUT2D eigenvalue weighted by atomic mass is 19.4. The summed E-state index contributed by atoms with van der Waals surface area (Å²) in [5, 5.41) is 4.50. The van der Waals surface area contributed by atoms with Crippen molar-refractivity contribution in [3.63, 3.8) is 0 Å². The van der Waals surface area contributed by atoms with Crippen LogP contribution in [0.15, 0.2) is 47.3 Å². The molecule has 0 amide bonds. The quantitative estimate of drug-likeness (QED) is 0.315. The van der Waals surface area contributed by atoms with Crippen molar-refractivity contribution in [1.29, 1.82) is 0 Å². The lowest BCUT2D eigenvalue weighted by Gasteiger charge is -2.32. The van der Waals surface area contributed by atoms with Crippen LogP contribution in [-0.4, -0.2) is 58.0 Å². The van der Waals surface area contributed by atoms with Gasteiger partial charge in [-0.1, -0.05) is 26.0 Å². The molecule has 0 aliphatic carbocycles. The van der Waals surface area contributed by atoms with E-state index in [0.717, 1.165) is 5.56 Å². The van der Waals surface area contributed by atoms with Crippen LogP contribution in [0.3, 0.4) is 0 Å². The fourth-order valence-corrected chi connectivity index (χ4v) is 4.99.